The summed E-state index contributed by atoms with van der Waals surface area (Å²) >= 11 is 0. The van der Waals surface area contributed by atoms with Gasteiger partial charge in [0, 0.05) is 26.7 Å². The Morgan fingerprint density at radius 2 is 2.18 bits per heavy atom. The third kappa shape index (κ3) is 3.56. The molecule has 0 bridgehead atoms. The summed E-state index contributed by atoms with van der Waals surface area (Å²) < 4.78 is 0. The van der Waals surface area contributed by atoms with Gasteiger partial charge in [0.05, 0.1) is 11.8 Å². The zero-order valence-electron chi connectivity index (χ0n) is 10.6. The lowest BCUT2D eigenvalue weighted by molar-refractivity contribution is -0.134. The third-order valence-electron chi connectivity index (χ3n) is 3.05. The zero-order chi connectivity index (χ0) is 13.0. The van der Waals surface area contributed by atoms with Crippen LogP contribution in [0, 0.1) is 11.8 Å². The van der Waals surface area contributed by atoms with Crippen LogP contribution in [0.2, 0.25) is 0 Å². The first kappa shape index (κ1) is 13.7. The highest BCUT2D eigenvalue weighted by Crippen LogP contribution is 2.18. The van der Waals surface area contributed by atoms with Crippen LogP contribution < -0.4 is 11.1 Å². The number of carbonyl (C=O) groups excluding carboxylic acids is 2. The van der Waals surface area contributed by atoms with Gasteiger partial charge in [0.2, 0.25) is 11.8 Å². The highest BCUT2D eigenvalue weighted by atomic mass is 16.2. The van der Waals surface area contributed by atoms with Crippen molar-refractivity contribution in [2.24, 2.45) is 17.6 Å². The Bertz CT molecular complexity index is 328. The van der Waals surface area contributed by atoms with Crippen molar-refractivity contribution in [2.45, 2.75) is 19.4 Å². The van der Waals surface area contributed by atoms with Gasteiger partial charge in [0.25, 0.3) is 0 Å². The average Bonchev–Trinajstić information content (AvgIpc) is 2.73. The maximum Gasteiger partial charge on any atom is 0.229 e. The Balaban J connectivity index is 2.47. The molecule has 0 aromatic heterocycles. The van der Waals surface area contributed by atoms with Crippen LogP contribution in [0.25, 0.3) is 0 Å². The van der Waals surface area contributed by atoms with Gasteiger partial charge in [-0.1, -0.05) is 19.1 Å². The van der Waals surface area contributed by atoms with Gasteiger partial charge in [-0.15, -0.1) is 0 Å². The summed E-state index contributed by atoms with van der Waals surface area (Å²) in [7, 11) is 3.32. The number of hydrogen-bond acceptors (Lipinski definition) is 3. The molecular formula is C12H21N3O2. The maximum atomic E-state index is 12.0. The van der Waals surface area contributed by atoms with Crippen molar-refractivity contribution in [1.29, 1.82) is 0 Å². The number of nitrogens with zero attached hydrogens (tertiary/aromatic N) is 1. The van der Waals surface area contributed by atoms with Gasteiger partial charge in [-0.2, -0.15) is 0 Å². The quantitative estimate of drug-likeness (QED) is 0.663. The number of carbonyl (C=O) groups is 2. The topological polar surface area (TPSA) is 75.4 Å². The Hall–Kier alpha value is -1.36. The first-order valence-electron chi connectivity index (χ1n) is 5.86. The second-order valence-corrected chi connectivity index (χ2v) is 4.63. The van der Waals surface area contributed by atoms with Crippen LogP contribution in [-0.2, 0) is 9.59 Å². The van der Waals surface area contributed by atoms with Crippen LogP contribution in [-0.4, -0.2) is 43.4 Å². The van der Waals surface area contributed by atoms with Crippen molar-refractivity contribution < 1.29 is 9.59 Å². The molecule has 0 aliphatic heterocycles. The Labute approximate surface area is 102 Å². The van der Waals surface area contributed by atoms with E-state index >= 15 is 0 Å². The number of nitrogens with one attached hydrogen (secondary N) is 1. The monoisotopic (exact) mass is 239 g/mol. The first-order valence-corrected chi connectivity index (χ1v) is 5.86. The molecule has 0 fully saturated rings. The van der Waals surface area contributed by atoms with Crippen LogP contribution in [0.5, 0.6) is 0 Å². The lowest BCUT2D eigenvalue weighted by Crippen LogP contribution is -2.39. The number of nitrogens with two attached hydrogens (primary N) is 1. The lowest BCUT2D eigenvalue weighted by Gasteiger charge is -2.23. The third-order valence-corrected chi connectivity index (χ3v) is 3.05. The second kappa shape index (κ2) is 5.82. The van der Waals surface area contributed by atoms with Gasteiger partial charge in [-0.25, -0.2) is 0 Å². The van der Waals surface area contributed by atoms with Gasteiger partial charge in [0.15, 0.2) is 0 Å². The minimum atomic E-state index is -0.201. The molecule has 5 heteroatoms. The van der Waals surface area contributed by atoms with E-state index in [-0.39, 0.29) is 29.7 Å². The van der Waals surface area contributed by atoms with E-state index in [1.807, 2.05) is 12.2 Å². The maximum absolute atomic E-state index is 12.0. The van der Waals surface area contributed by atoms with Crippen LogP contribution in [0.4, 0.5) is 0 Å². The fourth-order valence-corrected chi connectivity index (χ4v) is 2.02. The van der Waals surface area contributed by atoms with Gasteiger partial charge < -0.3 is 16.0 Å². The van der Waals surface area contributed by atoms with Crippen molar-refractivity contribution in [3.63, 3.8) is 0 Å². The van der Waals surface area contributed by atoms with E-state index in [4.69, 9.17) is 5.73 Å². The predicted octanol–water partition coefficient (Wildman–Crippen LogP) is -0.270. The van der Waals surface area contributed by atoms with E-state index < -0.39 is 0 Å². The van der Waals surface area contributed by atoms with Crippen molar-refractivity contribution in [2.75, 3.05) is 20.6 Å². The Kier molecular flexibility index (Phi) is 4.69. The Morgan fingerprint density at radius 1 is 1.53 bits per heavy atom. The van der Waals surface area contributed by atoms with E-state index in [9.17, 15) is 9.59 Å². The molecule has 0 aromatic carbocycles. The fraction of sp³-hybridized carbons (Fsp3) is 0.667. The SMILES string of the molecule is CNC(=O)C(C)CN(C)C(=O)C1C=CC(N)C1. The average molecular weight is 239 g/mol. The van der Waals surface area contributed by atoms with Gasteiger partial charge in [-0.05, 0) is 6.42 Å². The summed E-state index contributed by atoms with van der Waals surface area (Å²) in [5.74, 6) is -0.354. The van der Waals surface area contributed by atoms with Crippen LogP contribution in [0.1, 0.15) is 13.3 Å². The van der Waals surface area contributed by atoms with E-state index in [2.05, 4.69) is 5.32 Å². The molecule has 3 atom stereocenters. The molecule has 3 unspecified atom stereocenters. The molecule has 5 nitrogen and oxygen atoms in total. The largest absolute Gasteiger partial charge is 0.359 e. The summed E-state index contributed by atoms with van der Waals surface area (Å²) in [6.45, 7) is 2.23. The van der Waals surface area contributed by atoms with Crippen molar-refractivity contribution >= 4 is 11.8 Å². The summed E-state index contributed by atoms with van der Waals surface area (Å²) in [4.78, 5) is 25.0. The minimum absolute atomic E-state index is 0.0197. The number of amides is 2. The van der Waals surface area contributed by atoms with E-state index in [1.165, 1.54) is 0 Å². The number of hydrogen-bond donors (Lipinski definition) is 2. The van der Waals surface area contributed by atoms with Gasteiger partial charge in [-0.3, -0.25) is 9.59 Å². The summed E-state index contributed by atoms with van der Waals surface area (Å²) in [6.07, 6.45) is 4.38. The second-order valence-electron chi connectivity index (χ2n) is 4.63. The molecule has 0 spiro atoms. The van der Waals surface area contributed by atoms with E-state index in [1.54, 1.807) is 25.9 Å². The molecule has 96 valence electrons. The smallest absolute Gasteiger partial charge is 0.229 e. The molecule has 0 heterocycles. The van der Waals surface area contributed by atoms with Gasteiger partial charge in [0.1, 0.15) is 0 Å². The molecule has 17 heavy (non-hydrogen) atoms. The first-order chi connectivity index (χ1) is 7.95. The molecule has 0 radical (unpaired) electrons. The summed E-state index contributed by atoms with van der Waals surface area (Å²) in [5, 5.41) is 2.57. The predicted molar refractivity (Wildman–Crippen MR) is 66.1 cm³/mol. The lowest BCUT2D eigenvalue weighted by atomic mass is 10.1. The van der Waals surface area contributed by atoms with E-state index in [0.29, 0.717) is 13.0 Å². The highest BCUT2D eigenvalue weighted by molar-refractivity contribution is 5.82. The minimum Gasteiger partial charge on any atom is -0.359 e. The normalized spacial score (nSPS) is 24.5. The molecule has 0 saturated carbocycles. The standard InChI is InChI=1S/C12H21N3O2/c1-8(11(16)14-2)7-15(3)12(17)9-4-5-10(13)6-9/h4-5,8-10H,6-7,13H2,1-3H3,(H,14,16). The molecule has 0 aromatic rings. The molecule has 0 saturated heterocycles. The zero-order valence-corrected chi connectivity index (χ0v) is 10.6. The molecule has 3 N–H and O–H groups in total. The van der Waals surface area contributed by atoms with Gasteiger partial charge >= 0.3 is 0 Å². The van der Waals surface area contributed by atoms with Crippen molar-refractivity contribution in [3.8, 4) is 0 Å². The highest BCUT2D eigenvalue weighted by Gasteiger charge is 2.26. The van der Waals surface area contributed by atoms with Crippen molar-refractivity contribution in [1.82, 2.24) is 10.2 Å². The van der Waals surface area contributed by atoms with Crippen molar-refractivity contribution in [3.05, 3.63) is 12.2 Å². The molecular weight excluding hydrogens is 218 g/mol. The summed E-state index contributed by atoms with van der Waals surface area (Å²) in [6, 6.07) is -0.0197. The molecule has 1 rings (SSSR count). The number of rotatable bonds is 4. The van der Waals surface area contributed by atoms with Crippen LogP contribution in [0.3, 0.4) is 0 Å². The fourth-order valence-electron chi connectivity index (χ4n) is 2.02. The Morgan fingerprint density at radius 3 is 2.65 bits per heavy atom. The molecule has 1 aliphatic carbocycles. The summed E-state index contributed by atoms with van der Waals surface area (Å²) in [5.41, 5.74) is 5.71. The molecule has 1 aliphatic rings. The van der Waals surface area contributed by atoms with Crippen LogP contribution >= 0.6 is 0 Å². The van der Waals surface area contributed by atoms with Crippen LogP contribution in [0.15, 0.2) is 12.2 Å². The molecule has 2 amide bonds. The van der Waals surface area contributed by atoms with E-state index in [0.717, 1.165) is 0 Å².